The predicted molar refractivity (Wildman–Crippen MR) is 78.2 cm³/mol. The molecule has 0 aliphatic rings. The zero-order valence-electron chi connectivity index (χ0n) is 11.7. The van der Waals surface area contributed by atoms with E-state index in [0.717, 1.165) is 0 Å². The van der Waals surface area contributed by atoms with Crippen LogP contribution in [0.25, 0.3) is 0 Å². The van der Waals surface area contributed by atoms with Gasteiger partial charge in [0.05, 0.1) is 10.6 Å². The van der Waals surface area contributed by atoms with Gasteiger partial charge in [0.2, 0.25) is 0 Å². The van der Waals surface area contributed by atoms with Gasteiger partial charge in [-0.1, -0.05) is 11.6 Å². The van der Waals surface area contributed by atoms with Crippen LogP contribution < -0.4 is 16.0 Å². The van der Waals surface area contributed by atoms with E-state index in [1.807, 2.05) is 0 Å². The molecule has 0 aromatic carbocycles. The fraction of sp³-hybridized carbons (Fsp3) is 0.417. The standard InChI is InChI=1S/C12H18ClN5O2/c1-14-10-6-8(9(13)7-17-10)11(19)15-4-5-16-12(20)18(2)3/h6-7H,4-5H2,1-3H3,(H,14,17)(H,15,19)(H,16,20). The van der Waals surface area contributed by atoms with Gasteiger partial charge in [-0.05, 0) is 6.07 Å². The van der Waals surface area contributed by atoms with Crippen molar-refractivity contribution in [1.82, 2.24) is 20.5 Å². The van der Waals surface area contributed by atoms with Crippen molar-refractivity contribution in [2.45, 2.75) is 0 Å². The minimum absolute atomic E-state index is 0.210. The van der Waals surface area contributed by atoms with E-state index in [1.54, 1.807) is 27.2 Å². The number of carbonyl (C=O) groups is 2. The molecule has 1 aromatic rings. The summed E-state index contributed by atoms with van der Waals surface area (Å²) in [4.78, 5) is 28.6. The monoisotopic (exact) mass is 299 g/mol. The lowest BCUT2D eigenvalue weighted by Crippen LogP contribution is -2.39. The van der Waals surface area contributed by atoms with Crippen LogP contribution in [0.5, 0.6) is 0 Å². The number of hydrogen-bond acceptors (Lipinski definition) is 4. The molecule has 3 amide bonds. The fourth-order valence-electron chi connectivity index (χ4n) is 1.35. The molecule has 0 fully saturated rings. The van der Waals surface area contributed by atoms with E-state index in [9.17, 15) is 9.59 Å². The first-order valence-corrected chi connectivity index (χ1v) is 6.40. The van der Waals surface area contributed by atoms with Crippen LogP contribution in [-0.4, -0.2) is 56.1 Å². The number of urea groups is 1. The molecular weight excluding hydrogens is 282 g/mol. The largest absolute Gasteiger partial charge is 0.373 e. The molecule has 20 heavy (non-hydrogen) atoms. The summed E-state index contributed by atoms with van der Waals surface area (Å²) in [5, 5.41) is 8.42. The van der Waals surface area contributed by atoms with E-state index in [-0.39, 0.29) is 17.0 Å². The van der Waals surface area contributed by atoms with E-state index in [0.29, 0.717) is 24.5 Å². The molecule has 7 nitrogen and oxygen atoms in total. The summed E-state index contributed by atoms with van der Waals surface area (Å²) < 4.78 is 0. The van der Waals surface area contributed by atoms with Gasteiger partial charge in [0.1, 0.15) is 5.82 Å². The number of amides is 3. The number of nitrogens with one attached hydrogen (secondary N) is 3. The molecule has 0 saturated heterocycles. The number of pyridine rings is 1. The van der Waals surface area contributed by atoms with Crippen molar-refractivity contribution in [3.63, 3.8) is 0 Å². The fourth-order valence-corrected chi connectivity index (χ4v) is 1.54. The first-order valence-electron chi connectivity index (χ1n) is 6.02. The number of anilines is 1. The molecule has 1 aromatic heterocycles. The molecule has 0 atom stereocenters. The van der Waals surface area contributed by atoms with Crippen molar-refractivity contribution in [3.8, 4) is 0 Å². The Kier molecular flexibility index (Phi) is 6.05. The summed E-state index contributed by atoms with van der Waals surface area (Å²) in [5.41, 5.74) is 0.338. The molecule has 0 aliphatic carbocycles. The van der Waals surface area contributed by atoms with Crippen LogP contribution in [0.15, 0.2) is 12.3 Å². The molecule has 0 radical (unpaired) electrons. The number of nitrogens with zero attached hydrogens (tertiary/aromatic N) is 2. The summed E-state index contributed by atoms with van der Waals surface area (Å²) in [5.74, 6) is 0.244. The second-order valence-corrected chi connectivity index (χ2v) is 4.59. The highest BCUT2D eigenvalue weighted by Crippen LogP contribution is 2.17. The van der Waals surface area contributed by atoms with Gasteiger partial charge in [0.25, 0.3) is 5.91 Å². The van der Waals surface area contributed by atoms with Gasteiger partial charge in [-0.15, -0.1) is 0 Å². The molecule has 0 aliphatic heterocycles. The Morgan fingerprint density at radius 2 is 1.95 bits per heavy atom. The van der Waals surface area contributed by atoms with E-state index in [2.05, 4.69) is 20.9 Å². The highest BCUT2D eigenvalue weighted by atomic mass is 35.5. The van der Waals surface area contributed by atoms with Crippen molar-refractivity contribution in [2.75, 3.05) is 39.5 Å². The van der Waals surface area contributed by atoms with Gasteiger partial charge in [-0.2, -0.15) is 0 Å². The number of rotatable bonds is 5. The average Bonchev–Trinajstić information content (AvgIpc) is 2.43. The lowest BCUT2D eigenvalue weighted by molar-refractivity contribution is 0.0953. The molecule has 1 rings (SSSR count). The van der Waals surface area contributed by atoms with Gasteiger partial charge in [-0.3, -0.25) is 4.79 Å². The second-order valence-electron chi connectivity index (χ2n) is 4.18. The molecular formula is C12H18ClN5O2. The van der Waals surface area contributed by atoms with Crippen LogP contribution >= 0.6 is 11.6 Å². The van der Waals surface area contributed by atoms with Gasteiger partial charge >= 0.3 is 6.03 Å². The van der Waals surface area contributed by atoms with E-state index in [1.165, 1.54) is 11.1 Å². The van der Waals surface area contributed by atoms with Crippen molar-refractivity contribution < 1.29 is 9.59 Å². The Labute approximate surface area is 122 Å². The molecule has 110 valence electrons. The van der Waals surface area contributed by atoms with Crippen LogP contribution in [0.3, 0.4) is 0 Å². The zero-order valence-corrected chi connectivity index (χ0v) is 12.4. The summed E-state index contributed by atoms with van der Waals surface area (Å²) in [6.45, 7) is 0.649. The maximum absolute atomic E-state index is 11.9. The highest BCUT2D eigenvalue weighted by Gasteiger charge is 2.11. The highest BCUT2D eigenvalue weighted by molar-refractivity contribution is 6.33. The summed E-state index contributed by atoms with van der Waals surface area (Å²) in [6, 6.07) is 1.36. The van der Waals surface area contributed by atoms with Gasteiger partial charge < -0.3 is 20.9 Å². The molecule has 0 bridgehead atoms. The number of halogens is 1. The van der Waals surface area contributed by atoms with Crippen molar-refractivity contribution >= 4 is 29.4 Å². The normalized spacial score (nSPS) is 9.80. The molecule has 0 spiro atoms. The third-order valence-corrected chi connectivity index (χ3v) is 2.75. The van der Waals surface area contributed by atoms with Crippen LogP contribution in [0.2, 0.25) is 5.02 Å². The number of aromatic nitrogens is 1. The first kappa shape index (κ1) is 16.0. The third kappa shape index (κ3) is 4.58. The first-order chi connectivity index (χ1) is 9.45. The van der Waals surface area contributed by atoms with Crippen LogP contribution in [0.1, 0.15) is 10.4 Å². The quantitative estimate of drug-likeness (QED) is 0.701. The average molecular weight is 300 g/mol. The van der Waals surface area contributed by atoms with Gasteiger partial charge in [0, 0.05) is 40.4 Å². The number of carbonyl (C=O) groups excluding carboxylic acids is 2. The molecule has 1 heterocycles. The minimum Gasteiger partial charge on any atom is -0.373 e. The lowest BCUT2D eigenvalue weighted by atomic mass is 10.2. The smallest absolute Gasteiger partial charge is 0.316 e. The van der Waals surface area contributed by atoms with Gasteiger partial charge in [-0.25, -0.2) is 9.78 Å². The van der Waals surface area contributed by atoms with Crippen molar-refractivity contribution in [2.24, 2.45) is 0 Å². The van der Waals surface area contributed by atoms with E-state index in [4.69, 9.17) is 11.6 Å². The maximum Gasteiger partial charge on any atom is 0.316 e. The predicted octanol–water partition coefficient (Wildman–Crippen LogP) is 0.778. The lowest BCUT2D eigenvalue weighted by Gasteiger charge is -2.12. The third-order valence-electron chi connectivity index (χ3n) is 2.45. The van der Waals surface area contributed by atoms with Crippen LogP contribution in [0.4, 0.5) is 10.6 Å². The van der Waals surface area contributed by atoms with E-state index < -0.39 is 0 Å². The van der Waals surface area contributed by atoms with Gasteiger partial charge in [0.15, 0.2) is 0 Å². The second kappa shape index (κ2) is 7.54. The summed E-state index contributed by atoms with van der Waals surface area (Å²) >= 11 is 5.93. The van der Waals surface area contributed by atoms with E-state index >= 15 is 0 Å². The zero-order chi connectivity index (χ0) is 15.1. The Morgan fingerprint density at radius 3 is 2.55 bits per heavy atom. The topological polar surface area (TPSA) is 86.4 Å². The van der Waals surface area contributed by atoms with Crippen molar-refractivity contribution in [3.05, 3.63) is 22.8 Å². The maximum atomic E-state index is 11.9. The molecule has 8 heteroatoms. The molecule has 0 saturated carbocycles. The Balaban J connectivity index is 2.49. The Bertz CT molecular complexity index is 493. The SMILES string of the molecule is CNc1cc(C(=O)NCCNC(=O)N(C)C)c(Cl)cn1. The minimum atomic E-state index is -0.312. The Hall–Kier alpha value is -2.02. The Morgan fingerprint density at radius 1 is 1.30 bits per heavy atom. The van der Waals surface area contributed by atoms with Crippen LogP contribution in [0, 0.1) is 0 Å². The van der Waals surface area contributed by atoms with Crippen molar-refractivity contribution in [1.29, 1.82) is 0 Å². The molecule has 3 N–H and O–H groups in total. The van der Waals surface area contributed by atoms with Crippen LogP contribution in [-0.2, 0) is 0 Å². The summed E-state index contributed by atoms with van der Waals surface area (Å²) in [7, 11) is 4.99. The summed E-state index contributed by atoms with van der Waals surface area (Å²) in [6.07, 6.45) is 1.41. The number of hydrogen-bond donors (Lipinski definition) is 3. The molecule has 0 unspecified atom stereocenters.